The molecule has 0 aliphatic heterocycles. The normalized spacial score (nSPS) is 11.1. The number of nitrogen functional groups attached to an aromatic ring is 1. The number of hydrogen-bond donors (Lipinski definition) is 2. The third-order valence-electron chi connectivity index (χ3n) is 2.68. The highest BCUT2D eigenvalue weighted by Crippen LogP contribution is 2.25. The van der Waals surface area contributed by atoms with Crippen LogP contribution in [0.5, 0.6) is 5.75 Å². The van der Waals surface area contributed by atoms with Gasteiger partial charge in [0.05, 0.1) is 29.6 Å². The van der Waals surface area contributed by atoms with Crippen LogP contribution in [0.3, 0.4) is 0 Å². The number of pyridine rings is 1. The largest absolute Gasteiger partial charge is 0.495 e. The van der Waals surface area contributed by atoms with Crippen molar-refractivity contribution in [2.45, 2.75) is 11.8 Å². The monoisotopic (exact) mass is 293 g/mol. The van der Waals surface area contributed by atoms with Crippen molar-refractivity contribution in [3.05, 3.63) is 42.2 Å². The van der Waals surface area contributed by atoms with Gasteiger partial charge in [0.25, 0.3) is 10.0 Å². The number of nitrogens with one attached hydrogen (secondary N) is 1. The first-order valence-corrected chi connectivity index (χ1v) is 7.29. The van der Waals surface area contributed by atoms with Gasteiger partial charge in [0.15, 0.2) is 0 Å². The average molecular weight is 293 g/mol. The minimum atomic E-state index is -3.70. The van der Waals surface area contributed by atoms with E-state index in [2.05, 4.69) is 9.71 Å². The summed E-state index contributed by atoms with van der Waals surface area (Å²) >= 11 is 0. The van der Waals surface area contributed by atoms with Gasteiger partial charge in [-0.1, -0.05) is 0 Å². The van der Waals surface area contributed by atoms with Gasteiger partial charge in [0.2, 0.25) is 0 Å². The summed E-state index contributed by atoms with van der Waals surface area (Å²) in [7, 11) is -2.27. The summed E-state index contributed by atoms with van der Waals surface area (Å²) < 4.78 is 31.9. The van der Waals surface area contributed by atoms with E-state index in [1.165, 1.54) is 31.5 Å². The van der Waals surface area contributed by atoms with Gasteiger partial charge in [-0.25, -0.2) is 8.42 Å². The van der Waals surface area contributed by atoms with Crippen molar-refractivity contribution in [3.63, 3.8) is 0 Å². The summed E-state index contributed by atoms with van der Waals surface area (Å²) in [5.74, 6) is 0.315. The van der Waals surface area contributed by atoms with Gasteiger partial charge in [-0.2, -0.15) is 0 Å². The fourth-order valence-corrected chi connectivity index (χ4v) is 2.66. The van der Waals surface area contributed by atoms with E-state index in [4.69, 9.17) is 10.5 Å². The van der Waals surface area contributed by atoms with Gasteiger partial charge in [0.1, 0.15) is 5.75 Å². The van der Waals surface area contributed by atoms with Crippen molar-refractivity contribution >= 4 is 21.4 Å². The Morgan fingerprint density at radius 1 is 1.25 bits per heavy atom. The molecule has 0 radical (unpaired) electrons. The first-order valence-electron chi connectivity index (χ1n) is 5.81. The van der Waals surface area contributed by atoms with Crippen LogP contribution in [0, 0.1) is 6.92 Å². The fourth-order valence-electron chi connectivity index (χ4n) is 1.60. The molecule has 7 heteroatoms. The molecule has 0 saturated heterocycles. The zero-order chi connectivity index (χ0) is 14.8. The summed E-state index contributed by atoms with van der Waals surface area (Å²) in [4.78, 5) is 4.11. The molecule has 0 spiro atoms. The van der Waals surface area contributed by atoms with Gasteiger partial charge in [-0.3, -0.25) is 9.71 Å². The lowest BCUT2D eigenvalue weighted by molar-refractivity contribution is 0.415. The Morgan fingerprint density at radius 3 is 2.60 bits per heavy atom. The molecule has 2 aromatic rings. The molecule has 0 aliphatic rings. The second-order valence-corrected chi connectivity index (χ2v) is 5.88. The molecule has 0 atom stereocenters. The van der Waals surface area contributed by atoms with Crippen LogP contribution in [-0.4, -0.2) is 20.5 Å². The molecule has 1 aromatic heterocycles. The van der Waals surface area contributed by atoms with Gasteiger partial charge < -0.3 is 10.5 Å². The molecule has 20 heavy (non-hydrogen) atoms. The van der Waals surface area contributed by atoms with E-state index >= 15 is 0 Å². The van der Waals surface area contributed by atoms with Crippen LogP contribution in [0.2, 0.25) is 0 Å². The summed E-state index contributed by atoms with van der Waals surface area (Å²) in [5.41, 5.74) is 7.24. The molecule has 0 bridgehead atoms. The highest BCUT2D eigenvalue weighted by atomic mass is 32.2. The van der Waals surface area contributed by atoms with Crippen LogP contribution in [0.15, 0.2) is 41.4 Å². The lowest BCUT2D eigenvalue weighted by Gasteiger charge is -2.10. The zero-order valence-electron chi connectivity index (χ0n) is 11.1. The maximum Gasteiger partial charge on any atom is 0.262 e. The predicted octanol–water partition coefficient (Wildman–Crippen LogP) is 1.78. The van der Waals surface area contributed by atoms with Crippen molar-refractivity contribution < 1.29 is 13.2 Å². The molecule has 106 valence electrons. The van der Waals surface area contributed by atoms with Crippen LogP contribution >= 0.6 is 0 Å². The quantitative estimate of drug-likeness (QED) is 0.838. The summed E-state index contributed by atoms with van der Waals surface area (Å²) in [6, 6.07) is 7.65. The number of hydrogen-bond acceptors (Lipinski definition) is 5. The third-order valence-corrected chi connectivity index (χ3v) is 4.06. The van der Waals surface area contributed by atoms with Gasteiger partial charge in [-0.05, 0) is 31.2 Å². The van der Waals surface area contributed by atoms with Crippen LogP contribution in [-0.2, 0) is 10.0 Å². The summed E-state index contributed by atoms with van der Waals surface area (Å²) in [5, 5.41) is 0. The molecule has 0 unspecified atom stereocenters. The Morgan fingerprint density at radius 2 is 2.00 bits per heavy atom. The number of nitrogens with zero attached hydrogens (tertiary/aromatic N) is 1. The van der Waals surface area contributed by atoms with E-state index < -0.39 is 10.0 Å². The predicted molar refractivity (Wildman–Crippen MR) is 77.2 cm³/mol. The lowest BCUT2D eigenvalue weighted by Crippen LogP contribution is -2.13. The Labute approximate surface area is 117 Å². The molecule has 2 rings (SSSR count). The van der Waals surface area contributed by atoms with Crippen LogP contribution in [0.25, 0.3) is 0 Å². The molecule has 0 saturated carbocycles. The average Bonchev–Trinajstić information content (AvgIpc) is 2.41. The standard InChI is InChI=1S/C13H15N3O3S/c1-9-3-4-10(8-15-9)16-20(17,18)11-5-6-12(14)13(7-11)19-2/h3-8,16H,14H2,1-2H3. The van der Waals surface area contributed by atoms with Crippen molar-refractivity contribution in [2.24, 2.45) is 0 Å². The molecule has 0 amide bonds. The van der Waals surface area contributed by atoms with Gasteiger partial charge in [-0.15, -0.1) is 0 Å². The minimum Gasteiger partial charge on any atom is -0.495 e. The van der Waals surface area contributed by atoms with Gasteiger partial charge in [0, 0.05) is 11.8 Å². The lowest BCUT2D eigenvalue weighted by atomic mass is 10.3. The second-order valence-electron chi connectivity index (χ2n) is 4.20. The first-order chi connectivity index (χ1) is 9.42. The maximum atomic E-state index is 12.2. The second kappa shape index (κ2) is 5.38. The molecule has 0 fully saturated rings. The first kappa shape index (κ1) is 14.1. The molecule has 1 heterocycles. The van der Waals surface area contributed by atoms with E-state index in [9.17, 15) is 8.42 Å². The van der Waals surface area contributed by atoms with Crippen LogP contribution in [0.4, 0.5) is 11.4 Å². The molecule has 0 aliphatic carbocycles. The van der Waals surface area contributed by atoms with Crippen molar-refractivity contribution in [1.29, 1.82) is 0 Å². The molecule has 1 aromatic carbocycles. The summed E-state index contributed by atoms with van der Waals surface area (Å²) in [6.45, 7) is 1.82. The SMILES string of the molecule is COc1cc(S(=O)(=O)Nc2ccc(C)nc2)ccc1N. The maximum absolute atomic E-state index is 12.2. The number of nitrogens with two attached hydrogens (primary N) is 1. The van der Waals surface area contributed by atoms with E-state index in [-0.39, 0.29) is 4.90 Å². The number of aromatic nitrogens is 1. The number of anilines is 2. The van der Waals surface area contributed by atoms with E-state index in [0.29, 0.717) is 17.1 Å². The van der Waals surface area contributed by atoms with Crippen LogP contribution < -0.4 is 15.2 Å². The fraction of sp³-hybridized carbons (Fsp3) is 0.154. The zero-order valence-corrected chi connectivity index (χ0v) is 11.9. The molecular weight excluding hydrogens is 278 g/mol. The number of sulfonamides is 1. The molecule has 6 nitrogen and oxygen atoms in total. The Bertz CT molecular complexity index is 712. The highest BCUT2D eigenvalue weighted by Gasteiger charge is 2.16. The number of rotatable bonds is 4. The number of ether oxygens (including phenoxy) is 1. The topological polar surface area (TPSA) is 94.3 Å². The van der Waals surface area contributed by atoms with Gasteiger partial charge >= 0.3 is 0 Å². The van der Waals surface area contributed by atoms with E-state index in [1.807, 2.05) is 6.92 Å². The van der Waals surface area contributed by atoms with Crippen LogP contribution in [0.1, 0.15) is 5.69 Å². The number of benzene rings is 1. The smallest absolute Gasteiger partial charge is 0.262 e. The Hall–Kier alpha value is -2.28. The minimum absolute atomic E-state index is 0.0733. The number of aryl methyl sites for hydroxylation is 1. The van der Waals surface area contributed by atoms with Crippen molar-refractivity contribution in [2.75, 3.05) is 17.6 Å². The Balaban J connectivity index is 2.33. The van der Waals surface area contributed by atoms with Crippen molar-refractivity contribution in [3.8, 4) is 5.75 Å². The Kier molecular flexibility index (Phi) is 3.80. The third kappa shape index (κ3) is 3.00. The summed E-state index contributed by atoms with van der Waals surface area (Å²) in [6.07, 6.45) is 1.46. The molecular formula is C13H15N3O3S. The van der Waals surface area contributed by atoms with Crippen molar-refractivity contribution in [1.82, 2.24) is 4.98 Å². The van der Waals surface area contributed by atoms with E-state index in [1.54, 1.807) is 12.1 Å². The molecule has 3 N–H and O–H groups in total. The highest BCUT2D eigenvalue weighted by molar-refractivity contribution is 7.92. The number of methoxy groups -OCH3 is 1. The van der Waals surface area contributed by atoms with E-state index in [0.717, 1.165) is 5.69 Å².